The fraction of sp³-hybridized carbons (Fsp3) is 0.625. The van der Waals surface area contributed by atoms with Crippen molar-refractivity contribution in [2.24, 2.45) is 0 Å². The standard InChI is InChI=1S/C72H116O6/c1-4-7-10-13-16-19-22-25-28-29-30-31-32-33-34-35-36-37-38-39-40-41-42-43-45-47-50-53-56-59-62-65-71(74)77-68-69(67-76-70(73)64-61-58-55-52-49-46-27-24-21-18-15-12-9-6-3)78-72(75)66-63-60-57-54-51-48-44-26-23-20-17-14-11-8-5-2/h7-8,10-11,16-17,19-20,24-28,30-31,33-34,36-37,44,51,54,60,63,69H,4-6,9,12-15,18,21-23,29,32,35,38-43,45-50,52-53,55-59,61-62,64-68H2,1-3H3/b10-7-,11-8-,19-16-,20-17-,27-24-,28-25-,31-30-,34-33-,37-36-,44-26-,54-51-,63-60-. The van der Waals surface area contributed by atoms with Gasteiger partial charge in [-0.25, -0.2) is 0 Å². The summed E-state index contributed by atoms with van der Waals surface area (Å²) in [7, 11) is 0. The quantitative estimate of drug-likeness (QED) is 0.0261. The molecular formula is C72H116O6. The number of hydrogen-bond acceptors (Lipinski definition) is 6. The van der Waals surface area contributed by atoms with Crippen LogP contribution in [0.1, 0.15) is 271 Å². The van der Waals surface area contributed by atoms with Gasteiger partial charge in [0.05, 0.1) is 6.42 Å². The van der Waals surface area contributed by atoms with E-state index in [1.807, 2.05) is 6.08 Å². The third-order valence-corrected chi connectivity index (χ3v) is 13.1. The van der Waals surface area contributed by atoms with Crippen molar-refractivity contribution in [2.75, 3.05) is 13.2 Å². The average Bonchev–Trinajstić information content (AvgIpc) is 3.44. The molecule has 78 heavy (non-hydrogen) atoms. The van der Waals surface area contributed by atoms with Crippen LogP contribution in [0.15, 0.2) is 146 Å². The third kappa shape index (κ3) is 62.1. The zero-order chi connectivity index (χ0) is 56.4. The summed E-state index contributed by atoms with van der Waals surface area (Å²) < 4.78 is 16.8. The Morgan fingerprint density at radius 1 is 0.282 bits per heavy atom. The Morgan fingerprint density at radius 2 is 0.538 bits per heavy atom. The van der Waals surface area contributed by atoms with Crippen molar-refractivity contribution in [1.29, 1.82) is 0 Å². The van der Waals surface area contributed by atoms with Crippen LogP contribution in [-0.2, 0) is 28.6 Å². The van der Waals surface area contributed by atoms with Crippen molar-refractivity contribution in [3.05, 3.63) is 146 Å². The van der Waals surface area contributed by atoms with Gasteiger partial charge in [-0.15, -0.1) is 0 Å². The first kappa shape index (κ1) is 73.3. The summed E-state index contributed by atoms with van der Waals surface area (Å²) in [5.74, 6) is -1.07. The highest BCUT2D eigenvalue weighted by atomic mass is 16.6. The van der Waals surface area contributed by atoms with Crippen molar-refractivity contribution in [2.45, 2.75) is 277 Å². The fourth-order valence-corrected chi connectivity index (χ4v) is 8.40. The van der Waals surface area contributed by atoms with Crippen molar-refractivity contribution in [1.82, 2.24) is 0 Å². The maximum absolute atomic E-state index is 12.8. The van der Waals surface area contributed by atoms with Gasteiger partial charge in [-0.2, -0.15) is 0 Å². The Bertz CT molecular complexity index is 1710. The molecule has 0 aromatic heterocycles. The second-order valence-electron chi connectivity index (χ2n) is 20.6. The molecule has 0 saturated carbocycles. The maximum Gasteiger partial charge on any atom is 0.310 e. The lowest BCUT2D eigenvalue weighted by Crippen LogP contribution is -2.30. The summed E-state index contributed by atoms with van der Waals surface area (Å²) in [5, 5.41) is 0. The Balaban J connectivity index is 4.33. The zero-order valence-corrected chi connectivity index (χ0v) is 50.4. The normalized spacial score (nSPS) is 13.1. The minimum atomic E-state index is -0.842. The lowest BCUT2D eigenvalue weighted by molar-refractivity contribution is -0.166. The van der Waals surface area contributed by atoms with E-state index >= 15 is 0 Å². The molecule has 0 spiro atoms. The summed E-state index contributed by atoms with van der Waals surface area (Å²) in [5.41, 5.74) is 0. The van der Waals surface area contributed by atoms with E-state index in [2.05, 4.69) is 154 Å². The zero-order valence-electron chi connectivity index (χ0n) is 50.4. The molecule has 0 saturated heterocycles. The van der Waals surface area contributed by atoms with Crippen LogP contribution in [0, 0.1) is 0 Å². The van der Waals surface area contributed by atoms with Gasteiger partial charge in [0.25, 0.3) is 0 Å². The predicted octanol–water partition coefficient (Wildman–Crippen LogP) is 21.9. The minimum absolute atomic E-state index is 0.0903. The van der Waals surface area contributed by atoms with E-state index < -0.39 is 12.1 Å². The summed E-state index contributed by atoms with van der Waals surface area (Å²) in [4.78, 5) is 38.2. The Hall–Kier alpha value is -4.71. The van der Waals surface area contributed by atoms with Crippen LogP contribution < -0.4 is 0 Å². The number of rotatable bonds is 56. The SMILES string of the molecule is CC/C=C\C/C=C\C/C=C\C/C=C\C/C=C\C/C=C\CCCCCCCCCCCCCCC(=O)OCC(COC(=O)CCCCCCC/C=C\CCCCCCC)OC(=O)C/C=C\C/C=C\C/C=C\C/C=C\C/C=C\CC. The van der Waals surface area contributed by atoms with E-state index in [0.717, 1.165) is 116 Å². The van der Waals surface area contributed by atoms with Gasteiger partial charge >= 0.3 is 17.9 Å². The topological polar surface area (TPSA) is 78.9 Å². The highest BCUT2D eigenvalue weighted by Gasteiger charge is 2.19. The number of allylic oxidation sites excluding steroid dienone is 23. The molecule has 0 N–H and O–H groups in total. The summed E-state index contributed by atoms with van der Waals surface area (Å²) in [6, 6.07) is 0. The van der Waals surface area contributed by atoms with Crippen molar-refractivity contribution < 1.29 is 28.6 Å². The molecule has 0 aliphatic rings. The first-order valence-electron chi connectivity index (χ1n) is 31.8. The Kier molecular flexibility index (Phi) is 60.9. The molecule has 0 aliphatic heterocycles. The molecule has 0 rings (SSSR count). The van der Waals surface area contributed by atoms with E-state index in [4.69, 9.17) is 14.2 Å². The molecule has 0 amide bonds. The Labute approximate surface area is 480 Å². The largest absolute Gasteiger partial charge is 0.462 e. The van der Waals surface area contributed by atoms with E-state index in [1.165, 1.54) is 109 Å². The number of ether oxygens (including phenoxy) is 3. The number of hydrogen-bond donors (Lipinski definition) is 0. The van der Waals surface area contributed by atoms with Gasteiger partial charge in [-0.05, 0) is 122 Å². The third-order valence-electron chi connectivity index (χ3n) is 13.1. The second kappa shape index (κ2) is 64.8. The molecule has 0 fully saturated rings. The first-order chi connectivity index (χ1) is 38.5. The molecule has 0 radical (unpaired) electrons. The van der Waals surface area contributed by atoms with Gasteiger partial charge in [0, 0.05) is 12.8 Å². The minimum Gasteiger partial charge on any atom is -0.462 e. The molecule has 0 aromatic carbocycles. The van der Waals surface area contributed by atoms with Crippen LogP contribution in [0.2, 0.25) is 0 Å². The highest BCUT2D eigenvalue weighted by molar-refractivity contribution is 5.72. The molecule has 0 heterocycles. The molecule has 0 aromatic rings. The molecule has 0 aliphatic carbocycles. The smallest absolute Gasteiger partial charge is 0.310 e. The second-order valence-corrected chi connectivity index (χ2v) is 20.6. The van der Waals surface area contributed by atoms with Crippen LogP contribution in [0.25, 0.3) is 0 Å². The van der Waals surface area contributed by atoms with E-state index in [-0.39, 0.29) is 31.6 Å². The van der Waals surface area contributed by atoms with E-state index in [0.29, 0.717) is 19.3 Å². The van der Waals surface area contributed by atoms with Gasteiger partial charge in [-0.1, -0.05) is 276 Å². The van der Waals surface area contributed by atoms with Gasteiger partial charge in [0.1, 0.15) is 13.2 Å². The molecule has 1 unspecified atom stereocenters. The van der Waals surface area contributed by atoms with Crippen molar-refractivity contribution in [3.8, 4) is 0 Å². The number of carbonyl (C=O) groups excluding carboxylic acids is 3. The molecule has 6 nitrogen and oxygen atoms in total. The van der Waals surface area contributed by atoms with Crippen LogP contribution >= 0.6 is 0 Å². The van der Waals surface area contributed by atoms with Crippen LogP contribution in [0.3, 0.4) is 0 Å². The number of unbranched alkanes of at least 4 members (excludes halogenated alkanes) is 22. The van der Waals surface area contributed by atoms with E-state index in [1.54, 1.807) is 6.08 Å². The summed E-state index contributed by atoms with van der Waals surface area (Å²) in [6.45, 7) is 6.31. The average molecular weight is 1080 g/mol. The van der Waals surface area contributed by atoms with Gasteiger partial charge < -0.3 is 14.2 Å². The molecule has 0 bridgehead atoms. The predicted molar refractivity (Wildman–Crippen MR) is 339 cm³/mol. The fourth-order valence-electron chi connectivity index (χ4n) is 8.40. The summed E-state index contributed by atoms with van der Waals surface area (Å²) >= 11 is 0. The molecule has 440 valence electrons. The molecule has 6 heteroatoms. The maximum atomic E-state index is 12.8. The Morgan fingerprint density at radius 3 is 0.859 bits per heavy atom. The van der Waals surface area contributed by atoms with Crippen molar-refractivity contribution >= 4 is 17.9 Å². The van der Waals surface area contributed by atoms with Crippen LogP contribution in [-0.4, -0.2) is 37.2 Å². The van der Waals surface area contributed by atoms with Gasteiger partial charge in [0.2, 0.25) is 0 Å². The molecular weight excluding hydrogens is 961 g/mol. The lowest BCUT2D eigenvalue weighted by Gasteiger charge is -2.18. The molecule has 1 atom stereocenters. The highest BCUT2D eigenvalue weighted by Crippen LogP contribution is 2.15. The summed E-state index contributed by atoms with van der Waals surface area (Å²) in [6.07, 6.45) is 93.1. The number of esters is 3. The van der Waals surface area contributed by atoms with E-state index in [9.17, 15) is 14.4 Å². The van der Waals surface area contributed by atoms with Gasteiger partial charge in [-0.3, -0.25) is 14.4 Å². The van der Waals surface area contributed by atoms with Crippen LogP contribution in [0.5, 0.6) is 0 Å². The monoisotopic (exact) mass is 1080 g/mol. The lowest BCUT2D eigenvalue weighted by atomic mass is 10.0. The first-order valence-corrected chi connectivity index (χ1v) is 31.8. The number of carbonyl (C=O) groups is 3. The van der Waals surface area contributed by atoms with Gasteiger partial charge in [0.15, 0.2) is 6.10 Å². The van der Waals surface area contributed by atoms with Crippen molar-refractivity contribution in [3.63, 3.8) is 0 Å². The van der Waals surface area contributed by atoms with Crippen LogP contribution in [0.4, 0.5) is 0 Å².